The molecule has 0 fully saturated rings. The van der Waals surface area contributed by atoms with E-state index in [0.29, 0.717) is 22.2 Å². The molecule has 2 aromatic carbocycles. The summed E-state index contributed by atoms with van der Waals surface area (Å²) in [6.45, 7) is 0. The molecule has 0 aliphatic heterocycles. The van der Waals surface area contributed by atoms with Gasteiger partial charge in [0.25, 0.3) is 0 Å². The minimum absolute atomic E-state index is 0.274. The van der Waals surface area contributed by atoms with Crippen molar-refractivity contribution in [2.75, 3.05) is 5.32 Å². The summed E-state index contributed by atoms with van der Waals surface area (Å²) in [5.41, 5.74) is 2.30. The monoisotopic (exact) mass is 433 g/mol. The van der Waals surface area contributed by atoms with Crippen LogP contribution >= 0.6 is 11.6 Å². The van der Waals surface area contributed by atoms with Gasteiger partial charge in [0, 0.05) is 24.5 Å². The van der Waals surface area contributed by atoms with E-state index < -0.39 is 0 Å². The summed E-state index contributed by atoms with van der Waals surface area (Å²) in [7, 11) is 1.94. The summed E-state index contributed by atoms with van der Waals surface area (Å²) < 4.78 is 16.9. The van der Waals surface area contributed by atoms with Crippen molar-refractivity contribution in [3.05, 3.63) is 95.7 Å². The van der Waals surface area contributed by atoms with Crippen LogP contribution in [0, 0.1) is 5.82 Å². The highest BCUT2D eigenvalue weighted by molar-refractivity contribution is 6.30. The number of rotatable bonds is 5. The molecule has 0 amide bonds. The molecule has 0 bridgehead atoms. The molecule has 0 saturated heterocycles. The molecule has 0 aliphatic rings. The summed E-state index contributed by atoms with van der Waals surface area (Å²) in [4.78, 5) is 13.4. The first-order valence-electron chi connectivity index (χ1n) is 9.54. The molecule has 3 heterocycles. The van der Waals surface area contributed by atoms with Crippen molar-refractivity contribution in [3.8, 4) is 5.69 Å². The van der Waals surface area contributed by atoms with Crippen LogP contribution < -0.4 is 5.32 Å². The van der Waals surface area contributed by atoms with E-state index in [1.165, 1.54) is 18.5 Å². The fourth-order valence-electron chi connectivity index (χ4n) is 3.47. The van der Waals surface area contributed by atoms with Crippen LogP contribution in [-0.4, -0.2) is 29.3 Å². The Morgan fingerprint density at radius 3 is 2.48 bits per heavy atom. The lowest BCUT2D eigenvalue weighted by molar-refractivity contribution is 0.627. The molecular formula is C22H17ClFN7. The lowest BCUT2D eigenvalue weighted by Crippen LogP contribution is -2.17. The quantitative estimate of drug-likeness (QED) is 0.440. The number of fused-ring (bicyclic) bond motifs is 1. The highest BCUT2D eigenvalue weighted by Crippen LogP contribution is 2.29. The second kappa shape index (κ2) is 7.81. The molecule has 7 nitrogen and oxygen atoms in total. The Balaban J connectivity index is 1.58. The van der Waals surface area contributed by atoms with Gasteiger partial charge in [-0.1, -0.05) is 23.7 Å². The van der Waals surface area contributed by atoms with Crippen LogP contribution in [0.1, 0.15) is 17.4 Å². The van der Waals surface area contributed by atoms with Gasteiger partial charge in [-0.05, 0) is 42.0 Å². The standard InChI is InChI=1S/C22H17ClFN7/c1-30-11-10-25-22(30)19(14-2-4-15(23)5-3-14)29-20-18-12-28-31(21(18)27-13-26-20)17-8-6-16(24)7-9-17/h2-13,19H,1H3,(H,26,27,29). The zero-order chi connectivity index (χ0) is 21.4. The van der Waals surface area contributed by atoms with Gasteiger partial charge in [0.2, 0.25) is 0 Å². The van der Waals surface area contributed by atoms with Crippen LogP contribution in [-0.2, 0) is 7.05 Å². The zero-order valence-corrected chi connectivity index (χ0v) is 17.2. The first kappa shape index (κ1) is 19.2. The van der Waals surface area contributed by atoms with Crippen LogP contribution in [0.3, 0.4) is 0 Å². The summed E-state index contributed by atoms with van der Waals surface area (Å²) in [6, 6.07) is 13.4. The van der Waals surface area contributed by atoms with Crippen molar-refractivity contribution in [1.29, 1.82) is 0 Å². The second-order valence-corrected chi connectivity index (χ2v) is 7.45. The van der Waals surface area contributed by atoms with Gasteiger partial charge in [0.05, 0.1) is 17.3 Å². The Morgan fingerprint density at radius 2 is 1.77 bits per heavy atom. The maximum absolute atomic E-state index is 13.3. The van der Waals surface area contributed by atoms with Gasteiger partial charge in [0.15, 0.2) is 5.65 Å². The van der Waals surface area contributed by atoms with E-state index >= 15 is 0 Å². The van der Waals surface area contributed by atoms with Crippen LogP contribution in [0.2, 0.25) is 5.02 Å². The molecule has 1 unspecified atom stereocenters. The average Bonchev–Trinajstić information content (AvgIpc) is 3.40. The van der Waals surface area contributed by atoms with Gasteiger partial charge in [-0.15, -0.1) is 0 Å². The third-order valence-corrected chi connectivity index (χ3v) is 5.29. The van der Waals surface area contributed by atoms with Gasteiger partial charge < -0.3 is 9.88 Å². The Labute approximate surface area is 182 Å². The predicted molar refractivity (Wildman–Crippen MR) is 117 cm³/mol. The van der Waals surface area contributed by atoms with E-state index in [2.05, 4.69) is 25.4 Å². The van der Waals surface area contributed by atoms with Gasteiger partial charge in [-0.25, -0.2) is 24.0 Å². The number of hydrogen-bond acceptors (Lipinski definition) is 5. The van der Waals surface area contributed by atoms with E-state index in [9.17, 15) is 4.39 Å². The highest BCUT2D eigenvalue weighted by atomic mass is 35.5. The molecule has 0 radical (unpaired) electrons. The Kier molecular flexibility index (Phi) is 4.83. The van der Waals surface area contributed by atoms with Crippen molar-refractivity contribution < 1.29 is 4.39 Å². The first-order valence-corrected chi connectivity index (χ1v) is 9.92. The zero-order valence-electron chi connectivity index (χ0n) is 16.4. The Morgan fingerprint density at radius 1 is 1.00 bits per heavy atom. The summed E-state index contributed by atoms with van der Waals surface area (Å²) in [5.74, 6) is 1.12. The average molecular weight is 434 g/mol. The van der Waals surface area contributed by atoms with E-state index in [1.807, 2.05) is 42.1 Å². The third kappa shape index (κ3) is 3.62. The molecule has 154 valence electrons. The number of imidazole rings is 1. The van der Waals surface area contributed by atoms with Crippen molar-refractivity contribution in [2.45, 2.75) is 6.04 Å². The lowest BCUT2D eigenvalue weighted by atomic mass is 10.1. The van der Waals surface area contributed by atoms with Gasteiger partial charge in [-0.2, -0.15) is 5.10 Å². The third-order valence-electron chi connectivity index (χ3n) is 5.04. The number of halogens is 2. The molecule has 9 heteroatoms. The van der Waals surface area contributed by atoms with Gasteiger partial charge >= 0.3 is 0 Å². The molecule has 0 saturated carbocycles. The van der Waals surface area contributed by atoms with E-state index in [-0.39, 0.29) is 11.9 Å². The normalized spacial score (nSPS) is 12.2. The Hall–Kier alpha value is -3.78. The number of benzene rings is 2. The molecule has 0 aliphatic carbocycles. The van der Waals surface area contributed by atoms with Crippen LogP contribution in [0.5, 0.6) is 0 Å². The molecule has 5 aromatic rings. The second-order valence-electron chi connectivity index (χ2n) is 7.02. The number of nitrogens with zero attached hydrogens (tertiary/aromatic N) is 6. The van der Waals surface area contributed by atoms with Crippen LogP contribution in [0.25, 0.3) is 16.7 Å². The van der Waals surface area contributed by atoms with Crippen molar-refractivity contribution in [2.24, 2.45) is 7.05 Å². The maximum Gasteiger partial charge on any atom is 0.168 e. The fraction of sp³-hybridized carbons (Fsp3) is 0.0909. The maximum atomic E-state index is 13.3. The molecule has 31 heavy (non-hydrogen) atoms. The minimum atomic E-state index is -0.307. The highest BCUT2D eigenvalue weighted by Gasteiger charge is 2.21. The minimum Gasteiger partial charge on any atom is -0.356 e. The van der Waals surface area contributed by atoms with E-state index in [4.69, 9.17) is 11.6 Å². The SMILES string of the molecule is Cn1ccnc1C(Nc1ncnc2c1cnn2-c1ccc(F)cc1)c1ccc(Cl)cc1. The lowest BCUT2D eigenvalue weighted by Gasteiger charge is -2.20. The molecule has 1 N–H and O–H groups in total. The van der Waals surface area contributed by atoms with Gasteiger partial charge in [0.1, 0.15) is 29.8 Å². The first-order chi connectivity index (χ1) is 15.1. The number of nitrogens with one attached hydrogen (secondary N) is 1. The van der Waals surface area contributed by atoms with Crippen molar-refractivity contribution in [3.63, 3.8) is 0 Å². The Bertz CT molecular complexity index is 1340. The fourth-order valence-corrected chi connectivity index (χ4v) is 3.60. The summed E-state index contributed by atoms with van der Waals surface area (Å²) in [5, 5.41) is 9.32. The number of aromatic nitrogens is 6. The van der Waals surface area contributed by atoms with Crippen molar-refractivity contribution >= 4 is 28.5 Å². The molecule has 3 aromatic heterocycles. The van der Waals surface area contributed by atoms with Gasteiger partial charge in [-0.3, -0.25) is 0 Å². The summed E-state index contributed by atoms with van der Waals surface area (Å²) >= 11 is 6.09. The topological polar surface area (TPSA) is 73.5 Å². The van der Waals surface area contributed by atoms with Crippen LogP contribution in [0.15, 0.2) is 73.4 Å². The van der Waals surface area contributed by atoms with Crippen LogP contribution in [0.4, 0.5) is 10.2 Å². The predicted octanol–water partition coefficient (Wildman–Crippen LogP) is 4.54. The number of hydrogen-bond donors (Lipinski definition) is 1. The molecule has 1 atom stereocenters. The van der Waals surface area contributed by atoms with Crippen molar-refractivity contribution in [1.82, 2.24) is 29.3 Å². The number of anilines is 1. The largest absolute Gasteiger partial charge is 0.356 e. The van der Waals surface area contributed by atoms with E-state index in [0.717, 1.165) is 16.8 Å². The number of aryl methyl sites for hydroxylation is 1. The summed E-state index contributed by atoms with van der Waals surface area (Å²) in [6.07, 6.45) is 6.81. The smallest absolute Gasteiger partial charge is 0.168 e. The molecule has 5 rings (SSSR count). The van der Waals surface area contributed by atoms with E-state index in [1.54, 1.807) is 29.2 Å². The molecule has 0 spiro atoms. The molecular weight excluding hydrogens is 417 g/mol.